The predicted octanol–water partition coefficient (Wildman–Crippen LogP) is 1.55. The fourth-order valence-corrected chi connectivity index (χ4v) is 4.61. The molecule has 1 aliphatic heterocycles. The van der Waals surface area contributed by atoms with Crippen molar-refractivity contribution in [2.45, 2.75) is 24.2 Å². The van der Waals surface area contributed by atoms with E-state index < -0.39 is 79.2 Å². The van der Waals surface area contributed by atoms with Gasteiger partial charge in [-0.05, 0) is 43.4 Å². The maximum atomic E-state index is 12.8. The third-order valence-corrected chi connectivity index (χ3v) is 6.12. The number of nitrogens with one attached hydrogen (secondary N) is 1. The third-order valence-electron chi connectivity index (χ3n) is 2.73. The van der Waals surface area contributed by atoms with Crippen LogP contribution >= 0.6 is 15.9 Å². The second-order valence-electron chi connectivity index (χ2n) is 4.26. The molecular weight excluding hydrogens is 366 g/mol. The molecular formula is C12H16BrNO4S2. The summed E-state index contributed by atoms with van der Waals surface area (Å²) in [6.45, 7) is -3.27. The van der Waals surface area contributed by atoms with Crippen LogP contribution in [0, 0.1) is 5.92 Å². The van der Waals surface area contributed by atoms with Crippen LogP contribution < -0.4 is 4.72 Å². The lowest BCUT2D eigenvalue weighted by atomic mass is 10.0. The van der Waals surface area contributed by atoms with E-state index >= 15 is 0 Å². The van der Waals surface area contributed by atoms with Crippen LogP contribution in [0.4, 0.5) is 0 Å². The molecule has 2 atom stereocenters. The minimum atomic E-state index is -5.03. The number of halogens is 1. The first-order valence-electron chi connectivity index (χ1n) is 9.45. The maximum absolute atomic E-state index is 12.8. The van der Waals surface area contributed by atoms with Crippen LogP contribution in [-0.4, -0.2) is 34.4 Å². The molecule has 1 N–H and O–H groups in total. The summed E-state index contributed by atoms with van der Waals surface area (Å²) < 4.78 is 113. The van der Waals surface area contributed by atoms with E-state index in [-0.39, 0.29) is 10.9 Å². The molecule has 0 saturated carbocycles. The van der Waals surface area contributed by atoms with Gasteiger partial charge in [-0.25, -0.2) is 21.6 Å². The van der Waals surface area contributed by atoms with E-state index in [1.54, 1.807) is 4.72 Å². The zero-order chi connectivity index (χ0) is 21.9. The monoisotopic (exact) mass is 389 g/mol. The van der Waals surface area contributed by atoms with Crippen LogP contribution in [0.5, 0.6) is 0 Å². The van der Waals surface area contributed by atoms with Gasteiger partial charge < -0.3 is 0 Å². The van der Waals surface area contributed by atoms with Crippen LogP contribution in [0.3, 0.4) is 0 Å². The van der Waals surface area contributed by atoms with Crippen LogP contribution in [0.25, 0.3) is 0 Å². The first-order chi connectivity index (χ1) is 12.4. The van der Waals surface area contributed by atoms with Crippen molar-refractivity contribution in [3.8, 4) is 0 Å². The van der Waals surface area contributed by atoms with Gasteiger partial charge in [0.25, 0.3) is 0 Å². The number of hydrogen-bond donors (Lipinski definition) is 1. The number of benzene rings is 1. The van der Waals surface area contributed by atoms with Gasteiger partial charge in [0, 0.05) is 16.0 Å². The van der Waals surface area contributed by atoms with Gasteiger partial charge in [0.2, 0.25) is 10.0 Å². The molecule has 1 fully saturated rings. The molecule has 0 spiro atoms. The van der Waals surface area contributed by atoms with E-state index in [9.17, 15) is 16.8 Å². The highest BCUT2D eigenvalue weighted by Crippen LogP contribution is 2.23. The zero-order valence-electron chi connectivity index (χ0n) is 18.0. The number of sulfonamides is 1. The molecule has 5 nitrogen and oxygen atoms in total. The molecule has 1 aromatic carbocycles. The summed E-state index contributed by atoms with van der Waals surface area (Å²) in [5.74, 6) is -2.48. The van der Waals surface area contributed by atoms with E-state index in [2.05, 4.69) is 15.9 Å². The van der Waals surface area contributed by atoms with Gasteiger partial charge in [-0.1, -0.05) is 15.9 Å². The molecule has 112 valence electrons. The molecule has 1 saturated heterocycles. The number of sulfone groups is 1. The Bertz CT molecular complexity index is 998. The van der Waals surface area contributed by atoms with E-state index in [1.165, 1.54) is 0 Å². The van der Waals surface area contributed by atoms with Crippen molar-refractivity contribution in [3.05, 3.63) is 28.6 Å². The molecule has 20 heavy (non-hydrogen) atoms. The van der Waals surface area contributed by atoms with Crippen LogP contribution in [-0.2, 0) is 19.9 Å². The third kappa shape index (κ3) is 3.81. The van der Waals surface area contributed by atoms with Crippen molar-refractivity contribution in [1.29, 1.82) is 0 Å². The summed E-state index contributed by atoms with van der Waals surface area (Å²) in [6.07, 6.45) is -0.248. The predicted molar refractivity (Wildman–Crippen MR) is 80.7 cm³/mol. The normalized spacial score (nSPS) is 31.6. The Morgan fingerprint density at radius 1 is 1.50 bits per heavy atom. The van der Waals surface area contributed by atoms with E-state index in [1.807, 2.05) is 0 Å². The van der Waals surface area contributed by atoms with Gasteiger partial charge >= 0.3 is 0 Å². The van der Waals surface area contributed by atoms with Crippen LogP contribution in [0.1, 0.15) is 24.2 Å². The van der Waals surface area contributed by atoms with Crippen molar-refractivity contribution in [2.24, 2.45) is 5.92 Å². The van der Waals surface area contributed by atoms with Crippen molar-refractivity contribution in [2.75, 3.05) is 11.5 Å². The molecule has 0 aromatic heterocycles. The Morgan fingerprint density at radius 3 is 2.65 bits per heavy atom. The van der Waals surface area contributed by atoms with Crippen molar-refractivity contribution in [3.63, 3.8) is 0 Å². The Hall–Kier alpha value is -0.440. The lowest BCUT2D eigenvalue weighted by Gasteiger charge is -2.19. The van der Waals surface area contributed by atoms with E-state index in [0.717, 1.165) is 0 Å². The molecule has 0 bridgehead atoms. The highest BCUT2D eigenvalue weighted by molar-refractivity contribution is 9.10. The molecule has 0 radical (unpaired) electrons. The van der Waals surface area contributed by atoms with Gasteiger partial charge in [0.15, 0.2) is 9.84 Å². The van der Waals surface area contributed by atoms with Gasteiger partial charge in [-0.15, -0.1) is 0 Å². The zero-order valence-corrected chi connectivity index (χ0v) is 13.2. The highest BCUT2D eigenvalue weighted by atomic mass is 79.9. The molecule has 1 aromatic rings. The lowest BCUT2D eigenvalue weighted by Crippen LogP contribution is -2.38. The summed E-state index contributed by atoms with van der Waals surface area (Å²) in [6, 6.07) is -6.24. The van der Waals surface area contributed by atoms with E-state index in [4.69, 9.17) is 11.0 Å². The second kappa shape index (κ2) is 5.75. The molecule has 2 unspecified atom stereocenters. The van der Waals surface area contributed by atoms with Crippen molar-refractivity contribution >= 4 is 35.8 Å². The number of hydrogen-bond acceptors (Lipinski definition) is 4. The van der Waals surface area contributed by atoms with Crippen LogP contribution in [0.2, 0.25) is 0 Å². The summed E-state index contributed by atoms with van der Waals surface area (Å²) in [4.78, 5) is -1.12. The second-order valence-corrected chi connectivity index (χ2v) is 8.90. The number of rotatable bonds is 4. The summed E-state index contributed by atoms with van der Waals surface area (Å²) in [5.41, 5.74) is 0. The smallest absolute Gasteiger partial charge is 0.229 e. The van der Waals surface area contributed by atoms with Gasteiger partial charge in [-0.3, -0.25) is 0 Å². The van der Waals surface area contributed by atoms with Gasteiger partial charge in [0.05, 0.1) is 21.9 Å². The molecule has 1 heterocycles. The lowest BCUT2D eigenvalue weighted by molar-refractivity contribution is 0.452. The Balaban J connectivity index is 2.63. The highest BCUT2D eigenvalue weighted by Gasteiger charge is 2.33. The minimum absolute atomic E-state index is 0.248. The standard InChI is InChI=1S/C12H16BrNO4S2/c1-9(10-6-7-19(15,16)8-10)14-20(17,18)12-4-2-11(13)3-5-12/h2-5,9-10,14H,6-8H2,1H3/i1D3,2D,3D,4D,5D,9D. The Morgan fingerprint density at radius 2 is 2.15 bits per heavy atom. The minimum Gasteiger partial charge on any atom is -0.229 e. The van der Waals surface area contributed by atoms with Crippen molar-refractivity contribution < 1.29 is 27.8 Å². The van der Waals surface area contributed by atoms with Gasteiger partial charge in [-0.2, -0.15) is 0 Å². The summed E-state index contributed by atoms with van der Waals surface area (Å²) in [5, 5.41) is 0. The molecule has 0 aliphatic carbocycles. The first-order valence-corrected chi connectivity index (χ1v) is 9.54. The molecule has 8 heteroatoms. The molecule has 1 aliphatic rings. The molecule has 2 rings (SSSR count). The molecule has 0 amide bonds. The summed E-state index contributed by atoms with van der Waals surface area (Å²) in [7, 11) is -8.67. The summed E-state index contributed by atoms with van der Waals surface area (Å²) >= 11 is 2.82. The maximum Gasteiger partial charge on any atom is 0.240 e. The first kappa shape index (κ1) is 8.26. The Kier molecular flexibility index (Phi) is 2.37. The average Bonchev–Trinajstić information content (AvgIpc) is 2.90. The van der Waals surface area contributed by atoms with Crippen LogP contribution in [0.15, 0.2) is 33.5 Å². The topological polar surface area (TPSA) is 80.3 Å². The average molecular weight is 390 g/mol. The van der Waals surface area contributed by atoms with Crippen molar-refractivity contribution in [1.82, 2.24) is 4.72 Å². The van der Waals surface area contributed by atoms with E-state index in [0.29, 0.717) is 0 Å². The Labute approximate surface area is 139 Å². The van der Waals surface area contributed by atoms with Gasteiger partial charge in [0.1, 0.15) is 0 Å². The fraction of sp³-hybridized carbons (Fsp3) is 0.500. The SMILES string of the molecule is [2H]c1c([2H])c(S(=O)(=O)NC([2H])(C2CCS(=O)(=O)C2)C([2H])([2H])[2H])c([2H])c([2H])c1Br. The quantitative estimate of drug-likeness (QED) is 0.846. The largest absolute Gasteiger partial charge is 0.240 e. The fourth-order valence-electron chi connectivity index (χ4n) is 1.72.